The molecule has 0 aliphatic rings. The minimum Gasteiger partial charge on any atom is -0.384 e. The van der Waals surface area contributed by atoms with Gasteiger partial charge in [-0.2, -0.15) is 13.2 Å². The number of aromatic amines is 1. The molecule has 202 valence electrons. The molecule has 1 amide bonds. The van der Waals surface area contributed by atoms with Gasteiger partial charge in [0.15, 0.2) is 0 Å². The van der Waals surface area contributed by atoms with Crippen molar-refractivity contribution in [3.63, 3.8) is 0 Å². The molecule has 12 heteroatoms. The molecule has 0 saturated carbocycles. The van der Waals surface area contributed by atoms with Crippen molar-refractivity contribution < 1.29 is 27.2 Å². The number of imidazole rings is 1. The van der Waals surface area contributed by atoms with Gasteiger partial charge in [0.25, 0.3) is 0 Å². The maximum absolute atomic E-state index is 13.9. The van der Waals surface area contributed by atoms with E-state index in [2.05, 4.69) is 15.1 Å². The van der Waals surface area contributed by atoms with Gasteiger partial charge in [0.2, 0.25) is 5.91 Å². The summed E-state index contributed by atoms with van der Waals surface area (Å²) >= 11 is 0. The lowest BCUT2D eigenvalue weighted by atomic mass is 9.98. The lowest BCUT2D eigenvalue weighted by Gasteiger charge is -2.22. The molecule has 0 aliphatic heterocycles. The minimum absolute atomic E-state index is 0.0996. The number of methoxy groups -OCH3 is 1. The van der Waals surface area contributed by atoms with Crippen LogP contribution >= 0.6 is 0 Å². The number of anilines is 1. The highest BCUT2D eigenvalue weighted by atomic mass is 19.4. The predicted octanol–water partition coefficient (Wildman–Crippen LogP) is 5.16. The third-order valence-corrected chi connectivity index (χ3v) is 6.63. The highest BCUT2D eigenvalue weighted by Gasteiger charge is 2.34. The number of nitrogens with zero attached hydrogens (tertiary/aromatic N) is 4. The van der Waals surface area contributed by atoms with Crippen molar-refractivity contribution in [3.05, 3.63) is 70.1 Å². The SMILES string of the molecule is COCCC(=O)N(C)c1cc2c(cc1-c1c(C)noc1C)ncc1[nH]c(=O)n(-c3ccccc3C(F)(F)F)c12. The summed E-state index contributed by atoms with van der Waals surface area (Å²) in [6, 6.07) is 8.23. The van der Waals surface area contributed by atoms with E-state index < -0.39 is 17.4 Å². The van der Waals surface area contributed by atoms with Crippen molar-refractivity contribution in [1.82, 2.24) is 19.7 Å². The summed E-state index contributed by atoms with van der Waals surface area (Å²) in [4.78, 5) is 34.6. The number of carbonyl (C=O) groups excluding carboxylic acids is 1. The van der Waals surface area contributed by atoms with Gasteiger partial charge in [0.1, 0.15) is 5.76 Å². The largest absolute Gasteiger partial charge is 0.418 e. The van der Waals surface area contributed by atoms with Crippen molar-refractivity contribution in [2.24, 2.45) is 0 Å². The highest BCUT2D eigenvalue weighted by molar-refractivity contribution is 6.09. The molecule has 3 aromatic heterocycles. The summed E-state index contributed by atoms with van der Waals surface area (Å²) in [5.74, 6) is 0.266. The average molecular weight is 540 g/mol. The summed E-state index contributed by atoms with van der Waals surface area (Å²) in [5.41, 5.74) is 1.09. The molecule has 3 heterocycles. The quantitative estimate of drug-likeness (QED) is 0.320. The standard InChI is InChI=1S/C27H24F3N5O4/c1-14-24(15(2)39-33-14)17-11-19-16(12-22(17)34(3)23(36)9-10-38-4)25-20(13-31-19)32-26(37)35(25)21-8-6-5-7-18(21)27(28,29)30/h5-8,11-13H,9-10H2,1-4H3,(H,32,37). The van der Waals surface area contributed by atoms with Crippen molar-refractivity contribution >= 4 is 33.5 Å². The maximum atomic E-state index is 13.9. The molecular weight excluding hydrogens is 515 g/mol. The van der Waals surface area contributed by atoms with E-state index in [1.54, 1.807) is 33.0 Å². The second kappa shape index (κ2) is 9.70. The summed E-state index contributed by atoms with van der Waals surface area (Å²) in [7, 11) is 3.09. The fourth-order valence-corrected chi connectivity index (χ4v) is 4.79. The van der Waals surface area contributed by atoms with Crippen LogP contribution in [0, 0.1) is 13.8 Å². The van der Waals surface area contributed by atoms with Crippen LogP contribution in [-0.4, -0.2) is 46.4 Å². The normalized spacial score (nSPS) is 12.0. The molecule has 0 unspecified atom stereocenters. The lowest BCUT2D eigenvalue weighted by molar-refractivity contribution is -0.137. The molecule has 1 N–H and O–H groups in total. The van der Waals surface area contributed by atoms with Crippen LogP contribution in [0.2, 0.25) is 0 Å². The number of rotatable bonds is 6. The number of hydrogen-bond donors (Lipinski definition) is 1. The van der Waals surface area contributed by atoms with Gasteiger partial charge in [-0.15, -0.1) is 0 Å². The predicted molar refractivity (Wildman–Crippen MR) is 139 cm³/mol. The van der Waals surface area contributed by atoms with E-state index in [4.69, 9.17) is 9.26 Å². The van der Waals surface area contributed by atoms with Crippen LogP contribution in [0.15, 0.2) is 51.9 Å². The summed E-state index contributed by atoms with van der Waals surface area (Å²) in [6.07, 6.45) is -3.20. The van der Waals surface area contributed by atoms with E-state index >= 15 is 0 Å². The van der Waals surface area contributed by atoms with E-state index in [1.165, 1.54) is 36.4 Å². The zero-order valence-electron chi connectivity index (χ0n) is 21.5. The number of fused-ring (bicyclic) bond motifs is 3. The Labute approximate surface area is 219 Å². The van der Waals surface area contributed by atoms with E-state index in [0.29, 0.717) is 39.2 Å². The van der Waals surface area contributed by atoms with Crippen molar-refractivity contribution in [3.8, 4) is 16.8 Å². The van der Waals surface area contributed by atoms with Gasteiger partial charge in [0, 0.05) is 30.7 Å². The zero-order chi connectivity index (χ0) is 28.1. The molecular formula is C27H24F3N5O4. The Bertz CT molecular complexity index is 1760. The van der Waals surface area contributed by atoms with Crippen LogP contribution in [0.3, 0.4) is 0 Å². The van der Waals surface area contributed by atoms with Crippen LogP contribution in [0.5, 0.6) is 0 Å². The van der Waals surface area contributed by atoms with Gasteiger partial charge < -0.3 is 19.1 Å². The van der Waals surface area contributed by atoms with Crippen molar-refractivity contribution in [1.29, 1.82) is 0 Å². The van der Waals surface area contributed by atoms with Gasteiger partial charge >= 0.3 is 11.9 Å². The molecule has 0 spiro atoms. The number of H-pyrrole nitrogens is 1. The number of para-hydroxylation sites is 1. The number of pyridine rings is 1. The van der Waals surface area contributed by atoms with Crippen LogP contribution < -0.4 is 10.6 Å². The fourth-order valence-electron chi connectivity index (χ4n) is 4.79. The Kier molecular flexibility index (Phi) is 6.51. The summed E-state index contributed by atoms with van der Waals surface area (Å²) in [6.45, 7) is 3.71. The third-order valence-electron chi connectivity index (χ3n) is 6.63. The number of carbonyl (C=O) groups is 1. The second-order valence-electron chi connectivity index (χ2n) is 9.08. The second-order valence-corrected chi connectivity index (χ2v) is 9.08. The van der Waals surface area contributed by atoms with Crippen LogP contribution in [0.4, 0.5) is 18.9 Å². The number of benzene rings is 2. The van der Waals surface area contributed by atoms with Gasteiger partial charge in [-0.3, -0.25) is 14.3 Å². The van der Waals surface area contributed by atoms with Gasteiger partial charge in [-0.05, 0) is 38.1 Å². The molecule has 5 rings (SSSR count). The third kappa shape index (κ3) is 4.46. The Hall–Kier alpha value is -4.45. The molecule has 39 heavy (non-hydrogen) atoms. The van der Waals surface area contributed by atoms with Crippen LogP contribution in [0.25, 0.3) is 38.8 Å². The first-order valence-corrected chi connectivity index (χ1v) is 12.0. The highest BCUT2D eigenvalue weighted by Crippen LogP contribution is 2.40. The Morgan fingerprint density at radius 1 is 1.21 bits per heavy atom. The monoisotopic (exact) mass is 539 g/mol. The lowest BCUT2D eigenvalue weighted by Crippen LogP contribution is -2.27. The van der Waals surface area contributed by atoms with Crippen molar-refractivity contribution in [2.45, 2.75) is 26.4 Å². The number of aryl methyl sites for hydroxylation is 2. The number of ether oxygens (including phenoxy) is 1. The first kappa shape index (κ1) is 26.2. The Morgan fingerprint density at radius 2 is 1.95 bits per heavy atom. The van der Waals surface area contributed by atoms with Gasteiger partial charge in [-0.1, -0.05) is 17.3 Å². The van der Waals surface area contributed by atoms with E-state index in [0.717, 1.165) is 10.6 Å². The molecule has 0 aliphatic carbocycles. The maximum Gasteiger partial charge on any atom is 0.418 e. The number of aromatic nitrogens is 4. The molecule has 0 fully saturated rings. The van der Waals surface area contributed by atoms with Crippen molar-refractivity contribution in [2.75, 3.05) is 25.7 Å². The Morgan fingerprint density at radius 3 is 2.62 bits per heavy atom. The smallest absolute Gasteiger partial charge is 0.384 e. The first-order chi connectivity index (χ1) is 18.5. The molecule has 2 aromatic carbocycles. The number of alkyl halides is 3. The van der Waals surface area contributed by atoms with E-state index in [9.17, 15) is 22.8 Å². The van der Waals surface area contributed by atoms with E-state index in [-0.39, 0.29) is 35.7 Å². The van der Waals surface area contributed by atoms with Crippen LogP contribution in [-0.2, 0) is 15.7 Å². The number of amides is 1. The Balaban J connectivity index is 1.86. The van der Waals surface area contributed by atoms with Gasteiger partial charge in [0.05, 0.1) is 58.4 Å². The summed E-state index contributed by atoms with van der Waals surface area (Å²) < 4.78 is 53.2. The average Bonchev–Trinajstić information content (AvgIpc) is 3.42. The fraction of sp³-hybridized carbons (Fsp3) is 0.259. The summed E-state index contributed by atoms with van der Waals surface area (Å²) in [5, 5.41) is 4.41. The molecule has 0 radical (unpaired) electrons. The topological polar surface area (TPSA) is 106 Å². The zero-order valence-corrected chi connectivity index (χ0v) is 21.5. The number of hydrogen-bond acceptors (Lipinski definition) is 6. The van der Waals surface area contributed by atoms with Crippen LogP contribution in [0.1, 0.15) is 23.4 Å². The minimum atomic E-state index is -4.70. The number of halogens is 3. The molecule has 0 atom stereocenters. The molecule has 0 saturated heterocycles. The molecule has 5 aromatic rings. The van der Waals surface area contributed by atoms with E-state index in [1.807, 2.05) is 0 Å². The first-order valence-electron chi connectivity index (χ1n) is 12.0. The molecule has 0 bridgehead atoms. The molecule has 9 nitrogen and oxygen atoms in total. The van der Waals surface area contributed by atoms with Gasteiger partial charge in [-0.25, -0.2) is 4.79 Å². The number of nitrogens with one attached hydrogen (secondary N) is 1.